The highest BCUT2D eigenvalue weighted by molar-refractivity contribution is 5.88. The first-order valence-electron chi connectivity index (χ1n) is 10.6. The van der Waals surface area contributed by atoms with Crippen molar-refractivity contribution in [3.63, 3.8) is 0 Å². The van der Waals surface area contributed by atoms with E-state index in [9.17, 15) is 19.7 Å². The van der Waals surface area contributed by atoms with Gasteiger partial charge in [0, 0.05) is 37.2 Å². The molecule has 1 aromatic heterocycles. The van der Waals surface area contributed by atoms with Crippen LogP contribution in [0.2, 0.25) is 0 Å². The van der Waals surface area contributed by atoms with Gasteiger partial charge in [-0.05, 0) is 49.1 Å². The van der Waals surface area contributed by atoms with E-state index in [4.69, 9.17) is 9.15 Å². The molecule has 2 aromatic carbocycles. The van der Waals surface area contributed by atoms with E-state index < -0.39 is 4.92 Å². The van der Waals surface area contributed by atoms with Crippen LogP contribution in [0, 0.1) is 10.1 Å². The van der Waals surface area contributed by atoms with Crippen LogP contribution < -0.4 is 15.5 Å². The lowest BCUT2D eigenvalue weighted by Crippen LogP contribution is -2.21. The number of ether oxygens (including phenoxy) is 1. The monoisotopic (exact) mass is 454 g/mol. The van der Waals surface area contributed by atoms with E-state index in [-0.39, 0.29) is 29.8 Å². The van der Waals surface area contributed by atoms with E-state index in [1.807, 2.05) is 25.1 Å². The van der Waals surface area contributed by atoms with Crippen LogP contribution in [0.5, 0.6) is 5.75 Å². The van der Waals surface area contributed by atoms with E-state index >= 15 is 0 Å². The summed E-state index contributed by atoms with van der Waals surface area (Å²) in [6, 6.07) is 11.2. The molecule has 0 saturated heterocycles. The van der Waals surface area contributed by atoms with Gasteiger partial charge < -0.3 is 14.5 Å². The van der Waals surface area contributed by atoms with Crippen molar-refractivity contribution < 1.29 is 18.9 Å². The number of nitrogens with zero attached hydrogens (tertiary/aromatic N) is 1. The van der Waals surface area contributed by atoms with Crippen LogP contribution in [0.15, 0.2) is 51.7 Å². The summed E-state index contributed by atoms with van der Waals surface area (Å²) in [4.78, 5) is 32.6. The number of fused-ring (bicyclic) bond motifs is 2. The van der Waals surface area contributed by atoms with Gasteiger partial charge in [0.15, 0.2) is 5.43 Å². The second-order valence-corrected chi connectivity index (χ2v) is 7.56. The quantitative estimate of drug-likeness (QED) is 0.403. The predicted molar refractivity (Wildman–Crippen MR) is 129 cm³/mol. The first-order chi connectivity index (χ1) is 15.3. The summed E-state index contributed by atoms with van der Waals surface area (Å²) in [5.74, 6) is 1.50. The molecule has 1 amide bonds. The Labute approximate surface area is 192 Å². The van der Waals surface area contributed by atoms with E-state index in [2.05, 4.69) is 12.2 Å². The second kappa shape index (κ2) is 11.3. The zero-order valence-corrected chi connectivity index (χ0v) is 18.3. The summed E-state index contributed by atoms with van der Waals surface area (Å²) in [5, 5.41) is 13.6. The molecule has 8 nitrogen and oxygen atoms in total. The molecule has 1 aliphatic rings. The summed E-state index contributed by atoms with van der Waals surface area (Å²) >= 11 is 0. The third-order valence-electron chi connectivity index (χ3n) is 5.19. The van der Waals surface area contributed by atoms with Gasteiger partial charge in [0.25, 0.3) is 5.69 Å². The fourth-order valence-electron chi connectivity index (χ4n) is 3.50. The van der Waals surface area contributed by atoms with Gasteiger partial charge in [0.05, 0.1) is 16.4 Å². The number of non-ortho nitro benzene ring substituents is 1. The number of anilines is 1. The first kappa shape index (κ1) is 25.6. The predicted octanol–water partition coefficient (Wildman–Crippen LogP) is 5.65. The minimum absolute atomic E-state index is 0. The molecule has 0 saturated carbocycles. The molecular formula is C25H30N2O6. The van der Waals surface area contributed by atoms with Gasteiger partial charge in [-0.25, -0.2) is 0 Å². The zero-order chi connectivity index (χ0) is 23.3. The van der Waals surface area contributed by atoms with Gasteiger partial charge in [0.1, 0.15) is 17.1 Å². The number of carbonyl (C=O) groups is 1. The number of nitro benzene ring substituents is 1. The Balaban J connectivity index is 0.000000227. The largest absolute Gasteiger partial charge is 0.490 e. The van der Waals surface area contributed by atoms with Crippen molar-refractivity contribution in [3.8, 4) is 5.75 Å². The van der Waals surface area contributed by atoms with Crippen molar-refractivity contribution in [3.05, 3.63) is 74.1 Å². The van der Waals surface area contributed by atoms with Crippen LogP contribution in [-0.2, 0) is 17.6 Å². The van der Waals surface area contributed by atoms with Gasteiger partial charge in [-0.15, -0.1) is 0 Å². The van der Waals surface area contributed by atoms with Gasteiger partial charge in [-0.1, -0.05) is 21.3 Å². The van der Waals surface area contributed by atoms with Gasteiger partial charge in [-0.3, -0.25) is 19.7 Å². The molecule has 2 heterocycles. The summed E-state index contributed by atoms with van der Waals surface area (Å²) in [6.07, 6.45) is 4.10. The summed E-state index contributed by atoms with van der Waals surface area (Å²) in [6.45, 7) is 5.53. The topological polar surface area (TPSA) is 112 Å². The molecule has 8 heteroatoms. The highest BCUT2D eigenvalue weighted by Crippen LogP contribution is 2.30. The first-order valence-corrected chi connectivity index (χ1v) is 10.6. The normalized spacial score (nSPS) is 14.1. The van der Waals surface area contributed by atoms with Crippen LogP contribution in [-0.4, -0.2) is 16.9 Å². The molecule has 0 radical (unpaired) electrons. The number of nitrogens with one attached hydrogen (secondary N) is 1. The number of amides is 1. The number of hydrogen-bond donors (Lipinski definition) is 1. The van der Waals surface area contributed by atoms with Crippen molar-refractivity contribution in [2.45, 2.75) is 60.0 Å². The summed E-state index contributed by atoms with van der Waals surface area (Å²) < 4.78 is 11.2. The molecule has 1 N–H and O–H groups in total. The fraction of sp³-hybridized carbons (Fsp3) is 0.360. The number of benzene rings is 2. The fourth-order valence-corrected chi connectivity index (χ4v) is 3.50. The zero-order valence-electron chi connectivity index (χ0n) is 18.3. The van der Waals surface area contributed by atoms with Crippen molar-refractivity contribution in [1.29, 1.82) is 0 Å². The lowest BCUT2D eigenvalue weighted by Gasteiger charge is -2.25. The average molecular weight is 455 g/mol. The van der Waals surface area contributed by atoms with Crippen molar-refractivity contribution in [2.75, 3.05) is 5.32 Å². The SMILES string of the molecule is C.CCC1CCc2cc(NC(C)=O)ccc2O1.CCc1cc(=O)c2cc([N+](=O)[O-])ccc2o1. The van der Waals surface area contributed by atoms with Crippen LogP contribution in [0.1, 0.15) is 52.4 Å². The molecule has 176 valence electrons. The number of rotatable bonds is 4. The molecule has 0 fully saturated rings. The van der Waals surface area contributed by atoms with Crippen molar-refractivity contribution in [1.82, 2.24) is 0 Å². The molecule has 1 aliphatic heterocycles. The molecule has 0 bridgehead atoms. The Morgan fingerprint density at radius 3 is 2.58 bits per heavy atom. The van der Waals surface area contributed by atoms with E-state index in [1.54, 1.807) is 0 Å². The van der Waals surface area contributed by atoms with Crippen molar-refractivity contribution in [2.24, 2.45) is 0 Å². The van der Waals surface area contributed by atoms with Gasteiger partial charge in [-0.2, -0.15) is 0 Å². The maximum atomic E-state index is 11.7. The van der Waals surface area contributed by atoms with E-state index in [1.165, 1.54) is 36.8 Å². The Hall–Kier alpha value is -3.68. The molecule has 4 rings (SSSR count). The number of hydrogen-bond acceptors (Lipinski definition) is 6. The molecular weight excluding hydrogens is 424 g/mol. The van der Waals surface area contributed by atoms with Crippen LogP contribution in [0.4, 0.5) is 11.4 Å². The lowest BCUT2D eigenvalue weighted by atomic mass is 10.0. The Morgan fingerprint density at radius 2 is 1.94 bits per heavy atom. The summed E-state index contributed by atoms with van der Waals surface area (Å²) in [5.41, 5.74) is 2.07. The minimum Gasteiger partial charge on any atom is -0.490 e. The maximum absolute atomic E-state index is 11.7. The molecule has 33 heavy (non-hydrogen) atoms. The molecule has 1 atom stereocenters. The molecule has 3 aromatic rings. The highest BCUT2D eigenvalue weighted by atomic mass is 16.6. The third kappa shape index (κ3) is 6.41. The number of nitro groups is 1. The minimum atomic E-state index is -0.535. The van der Waals surface area contributed by atoms with Gasteiger partial charge in [0.2, 0.25) is 5.91 Å². The maximum Gasteiger partial charge on any atom is 0.270 e. The summed E-state index contributed by atoms with van der Waals surface area (Å²) in [7, 11) is 0. The van der Waals surface area contributed by atoms with Crippen LogP contribution in [0.3, 0.4) is 0 Å². The Bertz CT molecular complexity index is 1200. The second-order valence-electron chi connectivity index (χ2n) is 7.56. The Kier molecular flexibility index (Phi) is 8.73. The van der Waals surface area contributed by atoms with Crippen LogP contribution in [0.25, 0.3) is 11.0 Å². The standard InChI is InChI=1S/C13H17NO2.C11H9NO4.CH4/c1-3-12-6-4-10-8-11(14-9(2)15)5-7-13(10)16-12;1-2-8-6-10(13)9-5-7(12(14)15)3-4-11(9)16-8;/h5,7-8,12H,3-4,6H2,1-2H3,(H,14,15);3-6H,2H2,1H3;1H4. The van der Waals surface area contributed by atoms with Gasteiger partial charge >= 0.3 is 0 Å². The third-order valence-corrected chi connectivity index (χ3v) is 5.19. The molecule has 1 unspecified atom stereocenters. The number of aryl methyl sites for hydroxylation is 2. The number of carbonyl (C=O) groups excluding carboxylic acids is 1. The van der Waals surface area contributed by atoms with Crippen LogP contribution >= 0.6 is 0 Å². The highest BCUT2D eigenvalue weighted by Gasteiger charge is 2.18. The average Bonchev–Trinajstić information content (AvgIpc) is 2.78. The molecule has 0 spiro atoms. The lowest BCUT2D eigenvalue weighted by molar-refractivity contribution is -0.384. The Morgan fingerprint density at radius 1 is 1.18 bits per heavy atom. The molecule has 0 aliphatic carbocycles. The van der Waals surface area contributed by atoms with E-state index in [0.29, 0.717) is 23.9 Å². The van der Waals surface area contributed by atoms with Crippen molar-refractivity contribution >= 4 is 28.3 Å². The smallest absolute Gasteiger partial charge is 0.270 e. The van der Waals surface area contributed by atoms with E-state index in [0.717, 1.165) is 30.7 Å².